The van der Waals surface area contributed by atoms with Crippen molar-refractivity contribution in [2.24, 2.45) is 0 Å². The van der Waals surface area contributed by atoms with E-state index in [-0.39, 0.29) is 5.25 Å². The number of rotatable bonds is 6. The van der Waals surface area contributed by atoms with Crippen LogP contribution in [0.25, 0.3) is 22.4 Å². The zero-order valence-electron chi connectivity index (χ0n) is 19.0. The molecule has 4 N–H and O–H groups in total. The van der Waals surface area contributed by atoms with Crippen LogP contribution >= 0.6 is 11.3 Å². The predicted molar refractivity (Wildman–Crippen MR) is 142 cm³/mol. The number of nitrogens with two attached hydrogens (primary N) is 1. The van der Waals surface area contributed by atoms with E-state index in [1.807, 2.05) is 30.4 Å². The van der Waals surface area contributed by atoms with Gasteiger partial charge in [-0.05, 0) is 74.3 Å². The summed E-state index contributed by atoms with van der Waals surface area (Å²) in [5, 5.41) is 6.62. The Kier molecular flexibility index (Phi) is 6.76. The minimum Gasteiger partial charge on any atom is -0.375 e. The summed E-state index contributed by atoms with van der Waals surface area (Å²) in [6.07, 6.45) is 9.61. The average Bonchev–Trinajstić information content (AvgIpc) is 3.04. The Morgan fingerprint density at radius 2 is 1.77 bits per heavy atom. The minimum atomic E-state index is -3.34. The molecular formula is C25H26N6O2S2. The van der Waals surface area contributed by atoms with Crippen molar-refractivity contribution < 1.29 is 8.42 Å². The fraction of sp³-hybridized carbons (Fsp3) is 0.240. The van der Waals surface area contributed by atoms with Gasteiger partial charge in [0.25, 0.3) is 0 Å². The van der Waals surface area contributed by atoms with Gasteiger partial charge in [-0.3, -0.25) is 0 Å². The molecule has 0 amide bonds. The Morgan fingerprint density at radius 1 is 1.00 bits per heavy atom. The fourth-order valence-corrected chi connectivity index (χ4v) is 6.68. The third-order valence-electron chi connectivity index (χ3n) is 5.97. The van der Waals surface area contributed by atoms with Crippen LogP contribution in [0, 0.1) is 0 Å². The third kappa shape index (κ3) is 5.50. The molecule has 2 aromatic heterocycles. The maximum atomic E-state index is 13.0. The van der Waals surface area contributed by atoms with E-state index in [1.54, 1.807) is 36.7 Å². The Hall–Kier alpha value is -3.34. The monoisotopic (exact) mass is 506 g/mol. The van der Waals surface area contributed by atoms with E-state index in [2.05, 4.69) is 25.6 Å². The van der Waals surface area contributed by atoms with Gasteiger partial charge in [-0.15, -0.1) is 0 Å². The first kappa shape index (κ1) is 23.4. The van der Waals surface area contributed by atoms with Gasteiger partial charge in [0.05, 0.1) is 20.4 Å². The summed E-state index contributed by atoms with van der Waals surface area (Å²) in [6.45, 7) is 1.62. The van der Waals surface area contributed by atoms with Crippen LogP contribution in [0.2, 0.25) is 0 Å². The topological polar surface area (TPSA) is 123 Å². The van der Waals surface area contributed by atoms with E-state index in [1.165, 1.54) is 11.3 Å². The molecule has 35 heavy (non-hydrogen) atoms. The second-order valence-corrected chi connectivity index (χ2v) is 11.7. The number of aromatic nitrogens is 3. The molecule has 1 aliphatic rings. The van der Waals surface area contributed by atoms with Crippen molar-refractivity contribution >= 4 is 60.3 Å². The summed E-state index contributed by atoms with van der Waals surface area (Å²) in [5.74, 6) is 0.439. The summed E-state index contributed by atoms with van der Waals surface area (Å²) in [7, 11) is -3.34. The highest BCUT2D eigenvalue weighted by Crippen LogP contribution is 2.26. The van der Waals surface area contributed by atoms with Gasteiger partial charge < -0.3 is 16.4 Å². The standard InChI is InChI=1S/C25H26N6O2S2/c26-24-31-22-10-5-17(14-23(22)34-24)3-4-18-15-28-25(29-16-18)30-19-6-8-21(9-7-19)35(32,33)20-2-1-12-27-13-11-20/h3-10,14-16,20,27H,1-2,11-13H2,(H2,26,31)(H,28,29,30)/b4-3+. The summed E-state index contributed by atoms with van der Waals surface area (Å²) in [4.78, 5) is 13.4. The number of benzene rings is 2. The van der Waals surface area contributed by atoms with Gasteiger partial charge in [0, 0.05) is 23.6 Å². The fourth-order valence-electron chi connectivity index (χ4n) is 4.09. The molecule has 1 aliphatic heterocycles. The first-order chi connectivity index (χ1) is 17.0. The SMILES string of the molecule is Nc1nc2ccc(/C=C/c3cnc(Nc4ccc(S(=O)(=O)C5CCCNCC5)cc4)nc3)cc2s1. The van der Waals surface area contributed by atoms with Crippen LogP contribution in [0.5, 0.6) is 0 Å². The Bertz CT molecular complexity index is 1440. The summed E-state index contributed by atoms with van der Waals surface area (Å²) in [5.41, 5.74) is 9.30. The van der Waals surface area contributed by atoms with Crippen LogP contribution in [0.15, 0.2) is 59.8 Å². The molecule has 5 rings (SSSR count). The molecular weight excluding hydrogens is 480 g/mol. The molecule has 2 aromatic carbocycles. The number of nitrogens with one attached hydrogen (secondary N) is 2. The molecule has 0 spiro atoms. The molecule has 4 aromatic rings. The minimum absolute atomic E-state index is 0.331. The Balaban J connectivity index is 1.23. The van der Waals surface area contributed by atoms with E-state index in [0.717, 1.165) is 46.5 Å². The zero-order chi connectivity index (χ0) is 24.3. The molecule has 0 aliphatic carbocycles. The van der Waals surface area contributed by atoms with Crippen molar-refractivity contribution in [3.05, 3.63) is 66.0 Å². The summed E-state index contributed by atoms with van der Waals surface area (Å²) >= 11 is 1.46. The highest BCUT2D eigenvalue weighted by atomic mass is 32.2. The van der Waals surface area contributed by atoms with Gasteiger partial charge in [-0.25, -0.2) is 23.4 Å². The first-order valence-electron chi connectivity index (χ1n) is 11.5. The number of nitrogen functional groups attached to an aromatic ring is 1. The lowest BCUT2D eigenvalue weighted by Gasteiger charge is -2.15. The maximum absolute atomic E-state index is 13.0. The number of hydrogen-bond acceptors (Lipinski definition) is 9. The molecule has 1 saturated heterocycles. The van der Waals surface area contributed by atoms with Gasteiger partial charge in [-0.1, -0.05) is 29.6 Å². The second kappa shape index (κ2) is 10.1. The number of anilines is 3. The summed E-state index contributed by atoms with van der Waals surface area (Å²) < 4.78 is 27.0. The van der Waals surface area contributed by atoms with Crippen molar-refractivity contribution in [3.63, 3.8) is 0 Å². The number of thiazole rings is 1. The van der Waals surface area contributed by atoms with Crippen molar-refractivity contribution in [1.29, 1.82) is 0 Å². The smallest absolute Gasteiger partial charge is 0.227 e. The lowest BCUT2D eigenvalue weighted by atomic mass is 10.2. The van der Waals surface area contributed by atoms with Crippen molar-refractivity contribution in [2.45, 2.75) is 29.4 Å². The number of sulfone groups is 1. The normalized spacial score (nSPS) is 17.0. The van der Waals surface area contributed by atoms with Gasteiger partial charge in [0.15, 0.2) is 15.0 Å². The van der Waals surface area contributed by atoms with Gasteiger partial charge >= 0.3 is 0 Å². The number of fused-ring (bicyclic) bond motifs is 1. The Morgan fingerprint density at radius 3 is 2.57 bits per heavy atom. The average molecular weight is 507 g/mol. The quantitative estimate of drug-likeness (QED) is 0.349. The number of nitrogens with zero attached hydrogens (tertiary/aromatic N) is 3. The predicted octanol–water partition coefficient (Wildman–Crippen LogP) is 4.50. The zero-order valence-corrected chi connectivity index (χ0v) is 20.6. The van der Waals surface area contributed by atoms with Crippen LogP contribution in [0.4, 0.5) is 16.8 Å². The van der Waals surface area contributed by atoms with Crippen molar-refractivity contribution in [2.75, 3.05) is 24.1 Å². The van der Waals surface area contributed by atoms with Crippen molar-refractivity contribution in [3.8, 4) is 0 Å². The van der Waals surface area contributed by atoms with E-state index in [9.17, 15) is 8.42 Å². The molecule has 3 heterocycles. The molecule has 10 heteroatoms. The molecule has 1 atom stereocenters. The highest BCUT2D eigenvalue weighted by Gasteiger charge is 2.27. The molecule has 0 radical (unpaired) electrons. The maximum Gasteiger partial charge on any atom is 0.227 e. The van der Waals surface area contributed by atoms with Gasteiger partial charge in [0.1, 0.15) is 0 Å². The largest absolute Gasteiger partial charge is 0.375 e. The second-order valence-electron chi connectivity index (χ2n) is 8.45. The van der Waals surface area contributed by atoms with E-state index in [4.69, 9.17) is 5.73 Å². The third-order valence-corrected chi connectivity index (χ3v) is 9.10. The Labute approximate surface area is 208 Å². The first-order valence-corrected chi connectivity index (χ1v) is 13.8. The molecule has 8 nitrogen and oxygen atoms in total. The van der Waals surface area contributed by atoms with Crippen LogP contribution < -0.4 is 16.4 Å². The van der Waals surface area contributed by atoms with Crippen LogP contribution in [0.3, 0.4) is 0 Å². The van der Waals surface area contributed by atoms with Crippen LogP contribution in [-0.2, 0) is 9.84 Å². The summed E-state index contributed by atoms with van der Waals surface area (Å²) in [6, 6.07) is 12.8. The van der Waals surface area contributed by atoms with E-state index in [0.29, 0.717) is 28.8 Å². The molecule has 180 valence electrons. The molecule has 0 bridgehead atoms. The lowest BCUT2D eigenvalue weighted by Crippen LogP contribution is -2.23. The van der Waals surface area contributed by atoms with Gasteiger partial charge in [-0.2, -0.15) is 0 Å². The molecule has 0 saturated carbocycles. The molecule has 1 fully saturated rings. The van der Waals surface area contributed by atoms with Gasteiger partial charge in [0.2, 0.25) is 5.95 Å². The lowest BCUT2D eigenvalue weighted by molar-refractivity contribution is 0.566. The van der Waals surface area contributed by atoms with Crippen molar-refractivity contribution in [1.82, 2.24) is 20.3 Å². The van der Waals surface area contributed by atoms with Crippen LogP contribution in [0.1, 0.15) is 30.4 Å². The van der Waals surface area contributed by atoms with E-state index < -0.39 is 9.84 Å². The van der Waals surface area contributed by atoms with Crippen LogP contribution in [-0.4, -0.2) is 41.7 Å². The number of hydrogen-bond donors (Lipinski definition) is 3. The molecule has 1 unspecified atom stereocenters. The highest BCUT2D eigenvalue weighted by molar-refractivity contribution is 7.92. The van der Waals surface area contributed by atoms with E-state index >= 15 is 0 Å².